The number of aryl methyl sites for hydroxylation is 1. The van der Waals surface area contributed by atoms with Gasteiger partial charge in [-0.1, -0.05) is 11.6 Å². The fourth-order valence-electron chi connectivity index (χ4n) is 2.62. The van der Waals surface area contributed by atoms with E-state index in [2.05, 4.69) is 0 Å². The molecule has 26 heavy (non-hydrogen) atoms. The summed E-state index contributed by atoms with van der Waals surface area (Å²) in [5.41, 5.74) is 0.900. The Morgan fingerprint density at radius 3 is 2.73 bits per heavy atom. The summed E-state index contributed by atoms with van der Waals surface area (Å²) in [6.45, 7) is 4.27. The Kier molecular flexibility index (Phi) is 6.29. The Balaban J connectivity index is 1.53. The zero-order valence-corrected chi connectivity index (χ0v) is 16.1. The van der Waals surface area contributed by atoms with Crippen molar-refractivity contribution >= 4 is 34.6 Å². The maximum atomic E-state index is 12.3. The van der Waals surface area contributed by atoms with Gasteiger partial charge in [-0.25, -0.2) is 0 Å². The molecule has 0 N–H and O–H groups in total. The Morgan fingerprint density at radius 1 is 1.23 bits per heavy atom. The minimum absolute atomic E-state index is 0.0432. The summed E-state index contributed by atoms with van der Waals surface area (Å²) in [5, 5.41) is 0.663. The average Bonchev–Trinajstić information content (AvgIpc) is 3.11. The molecule has 1 fully saturated rings. The number of carbonyl (C=O) groups is 2. The van der Waals surface area contributed by atoms with Gasteiger partial charge in [0.2, 0.25) is 11.7 Å². The molecule has 2 heterocycles. The Labute approximate surface area is 161 Å². The van der Waals surface area contributed by atoms with Gasteiger partial charge in [0, 0.05) is 23.0 Å². The molecule has 1 aromatic carbocycles. The SMILES string of the molecule is Cc1cc(OCC(=O)c2ccc(CC(=O)N3CCOCC3)s2)ccc1Cl. The number of thiophene rings is 1. The first-order valence-corrected chi connectivity index (χ1v) is 9.59. The number of carbonyl (C=O) groups excluding carboxylic acids is 2. The lowest BCUT2D eigenvalue weighted by Crippen LogP contribution is -2.41. The number of amides is 1. The van der Waals surface area contributed by atoms with Crippen LogP contribution in [-0.4, -0.2) is 49.5 Å². The van der Waals surface area contributed by atoms with E-state index in [1.165, 1.54) is 11.3 Å². The van der Waals surface area contributed by atoms with Crippen molar-refractivity contribution in [2.24, 2.45) is 0 Å². The second-order valence-electron chi connectivity index (χ2n) is 6.06. The molecule has 1 saturated heterocycles. The molecule has 0 saturated carbocycles. The molecule has 7 heteroatoms. The lowest BCUT2D eigenvalue weighted by Gasteiger charge is -2.26. The van der Waals surface area contributed by atoms with Crippen molar-refractivity contribution in [3.8, 4) is 5.75 Å². The van der Waals surface area contributed by atoms with Crippen LogP contribution in [0.25, 0.3) is 0 Å². The molecule has 0 spiro atoms. The number of ketones is 1. The number of benzene rings is 1. The van der Waals surface area contributed by atoms with E-state index in [0.29, 0.717) is 48.4 Å². The Morgan fingerprint density at radius 2 is 2.00 bits per heavy atom. The molecule has 138 valence electrons. The summed E-state index contributed by atoms with van der Waals surface area (Å²) in [5.74, 6) is 0.578. The maximum Gasteiger partial charge on any atom is 0.227 e. The molecular weight excluding hydrogens is 374 g/mol. The van der Waals surface area contributed by atoms with Crippen LogP contribution in [0.2, 0.25) is 5.02 Å². The number of hydrogen-bond acceptors (Lipinski definition) is 5. The zero-order valence-electron chi connectivity index (χ0n) is 14.5. The van der Waals surface area contributed by atoms with Crippen molar-refractivity contribution in [3.05, 3.63) is 50.7 Å². The van der Waals surface area contributed by atoms with Crippen molar-refractivity contribution in [3.63, 3.8) is 0 Å². The largest absolute Gasteiger partial charge is 0.485 e. The quantitative estimate of drug-likeness (QED) is 0.706. The molecule has 5 nitrogen and oxygen atoms in total. The zero-order chi connectivity index (χ0) is 18.5. The third kappa shape index (κ3) is 4.84. The van der Waals surface area contributed by atoms with Crippen LogP contribution >= 0.6 is 22.9 Å². The topological polar surface area (TPSA) is 55.8 Å². The first-order valence-electron chi connectivity index (χ1n) is 8.39. The number of hydrogen-bond donors (Lipinski definition) is 0. The first-order chi connectivity index (χ1) is 12.5. The van der Waals surface area contributed by atoms with Crippen LogP contribution in [0.5, 0.6) is 5.75 Å². The molecule has 1 aromatic heterocycles. The number of Topliss-reactive ketones (excluding diaryl/α,β-unsaturated/α-hetero) is 1. The molecule has 0 aliphatic carbocycles. The highest BCUT2D eigenvalue weighted by Crippen LogP contribution is 2.22. The van der Waals surface area contributed by atoms with Crippen LogP contribution in [-0.2, 0) is 16.0 Å². The highest BCUT2D eigenvalue weighted by Gasteiger charge is 2.18. The van der Waals surface area contributed by atoms with Crippen molar-refractivity contribution in [2.75, 3.05) is 32.9 Å². The molecule has 0 atom stereocenters. The second-order valence-corrected chi connectivity index (χ2v) is 7.63. The summed E-state index contributed by atoms with van der Waals surface area (Å²) >= 11 is 7.33. The van der Waals surface area contributed by atoms with E-state index in [-0.39, 0.29) is 18.3 Å². The van der Waals surface area contributed by atoms with E-state index in [4.69, 9.17) is 21.1 Å². The third-order valence-corrected chi connectivity index (χ3v) is 5.68. The van der Waals surface area contributed by atoms with Crippen LogP contribution in [0.15, 0.2) is 30.3 Å². The number of ether oxygens (including phenoxy) is 2. The van der Waals surface area contributed by atoms with E-state index in [0.717, 1.165) is 10.4 Å². The number of halogens is 1. The normalized spacial score (nSPS) is 14.3. The summed E-state index contributed by atoms with van der Waals surface area (Å²) in [4.78, 5) is 27.9. The molecule has 1 amide bonds. The van der Waals surface area contributed by atoms with Gasteiger partial charge in [0.1, 0.15) is 5.75 Å². The number of nitrogens with zero attached hydrogens (tertiary/aromatic N) is 1. The molecule has 3 rings (SSSR count). The Bertz CT molecular complexity index is 799. The maximum absolute atomic E-state index is 12.3. The predicted molar refractivity (Wildman–Crippen MR) is 101 cm³/mol. The molecule has 0 radical (unpaired) electrons. The molecule has 2 aromatic rings. The van der Waals surface area contributed by atoms with Crippen molar-refractivity contribution in [1.29, 1.82) is 0 Å². The van der Waals surface area contributed by atoms with Crippen LogP contribution in [0.3, 0.4) is 0 Å². The van der Waals surface area contributed by atoms with Gasteiger partial charge in [-0.05, 0) is 42.8 Å². The Hall–Kier alpha value is -1.89. The highest BCUT2D eigenvalue weighted by molar-refractivity contribution is 7.14. The molecular formula is C19H20ClNO4S. The van der Waals surface area contributed by atoms with Gasteiger partial charge in [0.15, 0.2) is 6.61 Å². The fourth-order valence-corrected chi connectivity index (χ4v) is 3.66. The fraction of sp³-hybridized carbons (Fsp3) is 0.368. The standard InChI is InChI=1S/C19H20ClNO4S/c1-13-10-14(2-4-16(13)20)25-12-17(22)18-5-3-15(26-18)11-19(23)21-6-8-24-9-7-21/h2-5,10H,6-9,11-12H2,1H3. The number of rotatable bonds is 6. The van der Waals surface area contributed by atoms with Gasteiger partial charge in [-0.2, -0.15) is 0 Å². The average molecular weight is 394 g/mol. The van der Waals surface area contributed by atoms with E-state index in [1.54, 1.807) is 29.2 Å². The van der Waals surface area contributed by atoms with Gasteiger partial charge >= 0.3 is 0 Å². The van der Waals surface area contributed by atoms with Gasteiger partial charge in [0.25, 0.3) is 0 Å². The van der Waals surface area contributed by atoms with Gasteiger partial charge in [-0.3, -0.25) is 9.59 Å². The monoisotopic (exact) mass is 393 g/mol. The minimum Gasteiger partial charge on any atom is -0.485 e. The van der Waals surface area contributed by atoms with E-state index in [1.807, 2.05) is 13.0 Å². The predicted octanol–water partition coefficient (Wildman–Crippen LogP) is 3.37. The summed E-state index contributed by atoms with van der Waals surface area (Å²) < 4.78 is 10.8. The van der Waals surface area contributed by atoms with Crippen LogP contribution < -0.4 is 4.74 Å². The second kappa shape index (κ2) is 8.66. The molecule has 1 aliphatic rings. The van der Waals surface area contributed by atoms with Crippen molar-refractivity contribution in [2.45, 2.75) is 13.3 Å². The van der Waals surface area contributed by atoms with Gasteiger partial charge < -0.3 is 14.4 Å². The highest BCUT2D eigenvalue weighted by atomic mass is 35.5. The molecule has 0 unspecified atom stereocenters. The summed E-state index contributed by atoms with van der Waals surface area (Å²) in [6.07, 6.45) is 0.315. The van der Waals surface area contributed by atoms with Gasteiger partial charge in [-0.15, -0.1) is 11.3 Å². The van der Waals surface area contributed by atoms with E-state index in [9.17, 15) is 9.59 Å². The van der Waals surface area contributed by atoms with Gasteiger partial charge in [0.05, 0.1) is 24.5 Å². The first kappa shape index (κ1) is 18.9. The lowest BCUT2D eigenvalue weighted by atomic mass is 10.2. The number of morpholine rings is 1. The van der Waals surface area contributed by atoms with Crippen LogP contribution in [0.1, 0.15) is 20.1 Å². The summed E-state index contributed by atoms with van der Waals surface area (Å²) in [7, 11) is 0. The van der Waals surface area contributed by atoms with Crippen LogP contribution in [0, 0.1) is 6.92 Å². The van der Waals surface area contributed by atoms with Crippen molar-refractivity contribution in [1.82, 2.24) is 4.90 Å². The smallest absolute Gasteiger partial charge is 0.227 e. The van der Waals surface area contributed by atoms with Crippen LogP contribution in [0.4, 0.5) is 0 Å². The van der Waals surface area contributed by atoms with E-state index >= 15 is 0 Å². The third-order valence-electron chi connectivity index (χ3n) is 4.13. The van der Waals surface area contributed by atoms with Crippen molar-refractivity contribution < 1.29 is 19.1 Å². The molecule has 0 bridgehead atoms. The van der Waals surface area contributed by atoms with E-state index < -0.39 is 0 Å². The minimum atomic E-state index is -0.104. The summed E-state index contributed by atoms with van der Waals surface area (Å²) in [6, 6.07) is 8.88. The lowest BCUT2D eigenvalue weighted by molar-refractivity contribution is -0.134. The molecule has 1 aliphatic heterocycles.